The van der Waals surface area contributed by atoms with Crippen LogP contribution in [0.1, 0.15) is 35.6 Å². The smallest absolute Gasteiger partial charge is 0.231 e. The van der Waals surface area contributed by atoms with Crippen LogP contribution >= 0.6 is 0 Å². The van der Waals surface area contributed by atoms with E-state index in [4.69, 9.17) is 23.7 Å². The van der Waals surface area contributed by atoms with Crippen molar-refractivity contribution in [2.24, 2.45) is 0 Å². The highest BCUT2D eigenvalue weighted by molar-refractivity contribution is 5.80. The van der Waals surface area contributed by atoms with Crippen LogP contribution in [0.5, 0.6) is 23.0 Å². The Balaban J connectivity index is 0.00000306. The summed E-state index contributed by atoms with van der Waals surface area (Å²) in [5, 5.41) is 0. The molecular weight excluding hydrogens is 537 g/mol. The van der Waals surface area contributed by atoms with Gasteiger partial charge in [0.1, 0.15) is 17.6 Å². The second-order valence-corrected chi connectivity index (χ2v) is 8.92. The summed E-state index contributed by atoms with van der Waals surface area (Å²) < 4.78 is 28.2. The molecule has 1 atom stereocenters. The SMILES string of the molecule is COCOc1ccc(CCC(=O)CC2c3c(cc4c(c3OC)OCO4)CC[N+]2(C)C)cc1.[I-]. The second-order valence-electron chi connectivity index (χ2n) is 8.92. The Morgan fingerprint density at radius 1 is 1.15 bits per heavy atom. The number of ketones is 1. The van der Waals surface area contributed by atoms with E-state index < -0.39 is 0 Å². The first-order chi connectivity index (χ1) is 15.4. The number of Topliss-reactive ketones (excluding diaryl/α,β-unsaturated/α-hetero) is 1. The lowest BCUT2D eigenvalue weighted by molar-refractivity contribution is -0.922. The lowest BCUT2D eigenvalue weighted by Gasteiger charge is -2.43. The molecule has 8 heteroatoms. The lowest BCUT2D eigenvalue weighted by atomic mass is 9.86. The lowest BCUT2D eigenvalue weighted by Crippen LogP contribution is -3.00. The van der Waals surface area contributed by atoms with Crippen molar-refractivity contribution in [2.75, 3.05) is 48.4 Å². The van der Waals surface area contributed by atoms with Crippen LogP contribution in [0.25, 0.3) is 0 Å². The topological polar surface area (TPSA) is 63.2 Å². The number of methoxy groups -OCH3 is 2. The molecule has 0 fully saturated rings. The molecule has 0 aromatic heterocycles. The quantitative estimate of drug-likeness (QED) is 0.252. The summed E-state index contributed by atoms with van der Waals surface area (Å²) in [6.45, 7) is 1.38. The van der Waals surface area contributed by atoms with Crippen LogP contribution in [0.4, 0.5) is 0 Å². The first kappa shape index (κ1) is 25.6. The van der Waals surface area contributed by atoms with E-state index in [-0.39, 0.29) is 49.4 Å². The molecule has 2 aliphatic rings. The Morgan fingerprint density at radius 3 is 2.61 bits per heavy atom. The van der Waals surface area contributed by atoms with Gasteiger partial charge < -0.3 is 52.1 Å². The maximum Gasteiger partial charge on any atom is 0.231 e. The maximum atomic E-state index is 13.1. The number of rotatable bonds is 9. The van der Waals surface area contributed by atoms with Crippen LogP contribution in [0.3, 0.4) is 0 Å². The fraction of sp³-hybridized carbons (Fsp3) is 0.480. The molecule has 0 spiro atoms. The summed E-state index contributed by atoms with van der Waals surface area (Å²) in [5.41, 5.74) is 3.39. The number of hydrogen-bond acceptors (Lipinski definition) is 6. The van der Waals surface area contributed by atoms with Crippen molar-refractivity contribution in [1.82, 2.24) is 0 Å². The predicted molar refractivity (Wildman–Crippen MR) is 119 cm³/mol. The molecule has 0 saturated heterocycles. The number of hydrogen-bond donors (Lipinski definition) is 0. The molecule has 0 N–H and O–H groups in total. The number of halogens is 1. The number of ether oxygens (including phenoxy) is 5. The number of carbonyl (C=O) groups is 1. The minimum Gasteiger partial charge on any atom is -1.00 e. The number of quaternary nitrogens is 1. The zero-order chi connectivity index (χ0) is 22.7. The van der Waals surface area contributed by atoms with Gasteiger partial charge in [-0.25, -0.2) is 0 Å². The van der Waals surface area contributed by atoms with Crippen molar-refractivity contribution < 1.29 is 56.9 Å². The molecule has 2 aromatic rings. The molecule has 0 radical (unpaired) electrons. The van der Waals surface area contributed by atoms with Gasteiger partial charge in [0.05, 0.1) is 39.7 Å². The first-order valence-electron chi connectivity index (χ1n) is 11.0. The molecule has 1 unspecified atom stereocenters. The third-order valence-electron chi connectivity index (χ3n) is 6.46. The normalized spacial score (nSPS) is 17.6. The van der Waals surface area contributed by atoms with Crippen molar-refractivity contribution in [1.29, 1.82) is 0 Å². The Bertz CT molecular complexity index is 976. The van der Waals surface area contributed by atoms with Crippen molar-refractivity contribution in [3.63, 3.8) is 0 Å². The molecule has 2 aromatic carbocycles. The van der Waals surface area contributed by atoms with E-state index in [1.807, 2.05) is 24.3 Å². The van der Waals surface area contributed by atoms with Crippen LogP contribution in [-0.4, -0.2) is 58.7 Å². The van der Waals surface area contributed by atoms with Gasteiger partial charge in [-0.15, -0.1) is 0 Å². The van der Waals surface area contributed by atoms with E-state index in [9.17, 15) is 4.79 Å². The molecule has 0 bridgehead atoms. The third-order valence-corrected chi connectivity index (χ3v) is 6.46. The fourth-order valence-corrected chi connectivity index (χ4v) is 4.60. The van der Waals surface area contributed by atoms with Gasteiger partial charge in [0.25, 0.3) is 0 Å². The number of carbonyl (C=O) groups excluding carboxylic acids is 1. The predicted octanol–water partition coefficient (Wildman–Crippen LogP) is 0.676. The summed E-state index contributed by atoms with van der Waals surface area (Å²) in [5.74, 6) is 3.10. The van der Waals surface area contributed by atoms with Crippen LogP contribution in [0.15, 0.2) is 30.3 Å². The largest absolute Gasteiger partial charge is 1.00 e. The van der Waals surface area contributed by atoms with E-state index in [2.05, 4.69) is 20.2 Å². The molecule has 0 aliphatic carbocycles. The fourth-order valence-electron chi connectivity index (χ4n) is 4.60. The van der Waals surface area contributed by atoms with Gasteiger partial charge in [-0.1, -0.05) is 12.1 Å². The highest BCUT2D eigenvalue weighted by Crippen LogP contribution is 2.51. The van der Waals surface area contributed by atoms with Crippen molar-refractivity contribution >= 4 is 5.78 Å². The zero-order valence-electron chi connectivity index (χ0n) is 19.7. The van der Waals surface area contributed by atoms with Gasteiger partial charge in [-0.05, 0) is 35.7 Å². The van der Waals surface area contributed by atoms with E-state index >= 15 is 0 Å². The average Bonchev–Trinajstić information content (AvgIpc) is 3.26. The average molecular weight is 569 g/mol. The Labute approximate surface area is 212 Å². The Kier molecular flexibility index (Phi) is 8.47. The van der Waals surface area contributed by atoms with E-state index in [0.717, 1.165) is 40.1 Å². The monoisotopic (exact) mass is 569 g/mol. The summed E-state index contributed by atoms with van der Waals surface area (Å²) >= 11 is 0. The highest BCUT2D eigenvalue weighted by atomic mass is 127. The summed E-state index contributed by atoms with van der Waals surface area (Å²) in [6, 6.07) is 9.88. The number of nitrogens with zero attached hydrogens (tertiary/aromatic N) is 1. The van der Waals surface area contributed by atoms with Gasteiger partial charge in [-0.3, -0.25) is 4.79 Å². The number of likely N-dealkylation sites (N-methyl/N-ethyl adjacent to an activating group) is 1. The minimum atomic E-state index is 0. The van der Waals surface area contributed by atoms with Crippen LogP contribution < -0.4 is 42.9 Å². The van der Waals surface area contributed by atoms with E-state index in [0.29, 0.717) is 30.8 Å². The highest BCUT2D eigenvalue weighted by Gasteiger charge is 2.42. The Morgan fingerprint density at radius 2 is 1.91 bits per heavy atom. The number of benzene rings is 2. The third kappa shape index (κ3) is 5.55. The summed E-state index contributed by atoms with van der Waals surface area (Å²) in [4.78, 5) is 13.1. The second kappa shape index (κ2) is 10.9. The van der Waals surface area contributed by atoms with E-state index in [1.54, 1.807) is 14.2 Å². The summed E-state index contributed by atoms with van der Waals surface area (Å²) in [7, 11) is 7.62. The maximum absolute atomic E-state index is 13.1. The first-order valence-corrected chi connectivity index (χ1v) is 11.0. The van der Waals surface area contributed by atoms with Crippen molar-refractivity contribution in [3.8, 4) is 23.0 Å². The molecule has 7 nitrogen and oxygen atoms in total. The van der Waals surface area contributed by atoms with Gasteiger partial charge in [0.2, 0.25) is 12.5 Å². The van der Waals surface area contributed by atoms with Crippen molar-refractivity contribution in [2.45, 2.75) is 31.7 Å². The van der Waals surface area contributed by atoms with Gasteiger partial charge in [0.15, 0.2) is 18.3 Å². The standard InChI is InChI=1S/C25H32NO6.HI/c1-26(2)12-11-18-13-22-24(32-16-31-22)25(29-4)23(18)21(26)14-19(27)8-5-17-6-9-20(10-7-17)30-15-28-3;/h6-7,9-10,13,21H,5,8,11-12,14-16H2,1-4H3;1H/q+1;/p-1. The van der Waals surface area contributed by atoms with Crippen molar-refractivity contribution in [3.05, 3.63) is 47.0 Å². The molecule has 2 aliphatic heterocycles. The molecule has 0 amide bonds. The van der Waals surface area contributed by atoms with Gasteiger partial charge in [-0.2, -0.15) is 0 Å². The number of fused-ring (bicyclic) bond motifs is 2. The van der Waals surface area contributed by atoms with Crippen LogP contribution in [0.2, 0.25) is 0 Å². The molecule has 33 heavy (non-hydrogen) atoms. The molecular formula is C25H32INO6. The van der Waals surface area contributed by atoms with E-state index in [1.165, 1.54) is 5.56 Å². The van der Waals surface area contributed by atoms with Gasteiger partial charge in [0, 0.05) is 20.0 Å². The molecule has 180 valence electrons. The minimum absolute atomic E-state index is 0. The molecule has 2 heterocycles. The van der Waals surface area contributed by atoms with Crippen LogP contribution in [0, 0.1) is 0 Å². The zero-order valence-corrected chi connectivity index (χ0v) is 21.8. The Hall–Kier alpha value is -2.04. The molecule has 0 saturated carbocycles. The number of aryl methyl sites for hydroxylation is 1. The van der Waals surface area contributed by atoms with Crippen LogP contribution in [-0.2, 0) is 22.4 Å². The molecule has 4 rings (SSSR count). The summed E-state index contributed by atoms with van der Waals surface area (Å²) in [6.07, 6.45) is 2.58. The van der Waals surface area contributed by atoms with Gasteiger partial charge >= 0.3 is 0 Å².